The van der Waals surface area contributed by atoms with E-state index in [-0.39, 0.29) is 11.8 Å². The average Bonchev–Trinajstić information content (AvgIpc) is 3.12. The first-order chi connectivity index (χ1) is 12.5. The molecule has 0 saturated carbocycles. The number of hydrogen-bond acceptors (Lipinski definition) is 5. The lowest BCUT2D eigenvalue weighted by atomic mass is 9.93. The topological polar surface area (TPSA) is 68.5 Å². The third-order valence-electron chi connectivity index (χ3n) is 4.95. The molecule has 0 radical (unpaired) electrons. The second-order valence-electron chi connectivity index (χ2n) is 7.25. The summed E-state index contributed by atoms with van der Waals surface area (Å²) in [4.78, 5) is 18.9. The van der Waals surface area contributed by atoms with Crippen LogP contribution in [-0.2, 0) is 17.6 Å². The number of ether oxygens (including phenoxy) is 1. The van der Waals surface area contributed by atoms with Crippen LogP contribution in [0.1, 0.15) is 49.9 Å². The molecule has 6 heteroatoms. The van der Waals surface area contributed by atoms with Gasteiger partial charge in [-0.15, -0.1) is 0 Å². The molecule has 0 atom stereocenters. The van der Waals surface area contributed by atoms with Crippen LogP contribution in [0.2, 0.25) is 0 Å². The van der Waals surface area contributed by atoms with E-state index in [0.29, 0.717) is 12.3 Å². The molecule has 2 aromatic rings. The van der Waals surface area contributed by atoms with Gasteiger partial charge in [-0.3, -0.25) is 4.79 Å². The number of hydrogen-bond donors (Lipinski definition) is 0. The Morgan fingerprint density at radius 1 is 1.27 bits per heavy atom. The van der Waals surface area contributed by atoms with Crippen molar-refractivity contribution in [2.45, 2.75) is 45.4 Å². The van der Waals surface area contributed by atoms with Crippen LogP contribution in [0.15, 0.2) is 28.8 Å². The molecule has 1 aliphatic rings. The van der Waals surface area contributed by atoms with Crippen LogP contribution in [0.5, 0.6) is 5.75 Å². The monoisotopic (exact) mass is 357 g/mol. The number of aromatic nitrogens is 2. The molecule has 140 valence electrons. The number of benzene rings is 1. The van der Waals surface area contributed by atoms with Crippen LogP contribution in [0.25, 0.3) is 0 Å². The Bertz CT molecular complexity index is 716. The molecular formula is C20H27N3O3. The SMILES string of the molecule is COc1ccc(CC(=O)N2CCC(Cc3nc(C(C)C)no3)CC2)cc1. The van der Waals surface area contributed by atoms with Crippen LogP contribution < -0.4 is 4.74 Å². The number of amides is 1. The second kappa shape index (κ2) is 8.34. The summed E-state index contributed by atoms with van der Waals surface area (Å²) >= 11 is 0. The Hall–Kier alpha value is -2.37. The lowest BCUT2D eigenvalue weighted by molar-refractivity contribution is -0.131. The quantitative estimate of drug-likeness (QED) is 0.794. The summed E-state index contributed by atoms with van der Waals surface area (Å²) < 4.78 is 10.5. The van der Waals surface area contributed by atoms with Gasteiger partial charge in [0.25, 0.3) is 0 Å². The molecule has 1 saturated heterocycles. The molecule has 6 nitrogen and oxygen atoms in total. The summed E-state index contributed by atoms with van der Waals surface area (Å²) in [5.41, 5.74) is 1.02. The molecule has 0 bridgehead atoms. The summed E-state index contributed by atoms with van der Waals surface area (Å²) in [7, 11) is 1.64. The zero-order valence-electron chi connectivity index (χ0n) is 15.8. The predicted octanol–water partition coefficient (Wildman–Crippen LogP) is 3.23. The fourth-order valence-electron chi connectivity index (χ4n) is 3.25. The van der Waals surface area contributed by atoms with Gasteiger partial charge >= 0.3 is 0 Å². The molecule has 1 fully saturated rings. The van der Waals surface area contributed by atoms with Crippen molar-refractivity contribution < 1.29 is 14.1 Å². The number of methoxy groups -OCH3 is 1. The highest BCUT2D eigenvalue weighted by Gasteiger charge is 2.24. The van der Waals surface area contributed by atoms with E-state index in [2.05, 4.69) is 24.0 Å². The highest BCUT2D eigenvalue weighted by molar-refractivity contribution is 5.78. The van der Waals surface area contributed by atoms with Gasteiger partial charge in [0, 0.05) is 25.4 Å². The molecule has 1 aromatic carbocycles. The van der Waals surface area contributed by atoms with Gasteiger partial charge in [0.15, 0.2) is 5.82 Å². The zero-order valence-corrected chi connectivity index (χ0v) is 15.8. The Morgan fingerprint density at radius 3 is 2.54 bits per heavy atom. The van der Waals surface area contributed by atoms with Gasteiger partial charge in [-0.05, 0) is 36.5 Å². The molecule has 1 aliphatic heterocycles. The van der Waals surface area contributed by atoms with E-state index in [4.69, 9.17) is 9.26 Å². The Labute approximate surface area is 154 Å². The van der Waals surface area contributed by atoms with Crippen molar-refractivity contribution in [1.82, 2.24) is 15.0 Å². The first-order valence-corrected chi connectivity index (χ1v) is 9.28. The number of rotatable bonds is 6. The van der Waals surface area contributed by atoms with Gasteiger partial charge in [-0.25, -0.2) is 0 Å². The molecule has 1 amide bonds. The highest BCUT2D eigenvalue weighted by Crippen LogP contribution is 2.23. The second-order valence-corrected chi connectivity index (χ2v) is 7.25. The molecule has 0 spiro atoms. The minimum absolute atomic E-state index is 0.188. The molecule has 0 N–H and O–H groups in total. The third-order valence-corrected chi connectivity index (χ3v) is 4.95. The van der Waals surface area contributed by atoms with Gasteiger partial charge < -0.3 is 14.2 Å². The highest BCUT2D eigenvalue weighted by atomic mass is 16.5. The van der Waals surface area contributed by atoms with Crippen molar-refractivity contribution in [3.63, 3.8) is 0 Å². The number of carbonyl (C=O) groups excluding carboxylic acids is 1. The largest absolute Gasteiger partial charge is 0.497 e. The summed E-state index contributed by atoms with van der Waals surface area (Å²) in [5, 5.41) is 4.02. The molecule has 0 aliphatic carbocycles. The van der Waals surface area contributed by atoms with Gasteiger partial charge in [0.2, 0.25) is 11.8 Å². The smallest absolute Gasteiger partial charge is 0.226 e. The summed E-state index contributed by atoms with van der Waals surface area (Å²) in [6.07, 6.45) is 3.21. The number of carbonyl (C=O) groups is 1. The van der Waals surface area contributed by atoms with E-state index in [1.54, 1.807) is 7.11 Å². The first-order valence-electron chi connectivity index (χ1n) is 9.28. The number of piperidine rings is 1. The van der Waals surface area contributed by atoms with Crippen molar-refractivity contribution in [3.05, 3.63) is 41.5 Å². The standard InChI is InChI=1S/C20H27N3O3/c1-14(2)20-21-18(26-22-20)12-16-8-10-23(11-9-16)19(24)13-15-4-6-17(25-3)7-5-15/h4-7,14,16H,8-13H2,1-3H3. The zero-order chi connectivity index (χ0) is 18.5. The predicted molar refractivity (Wildman–Crippen MR) is 98.1 cm³/mol. The number of likely N-dealkylation sites (tertiary alicyclic amines) is 1. The van der Waals surface area contributed by atoms with Crippen molar-refractivity contribution in [2.24, 2.45) is 5.92 Å². The molecule has 1 aromatic heterocycles. The Balaban J connectivity index is 1.47. The fourth-order valence-corrected chi connectivity index (χ4v) is 3.25. The van der Waals surface area contributed by atoms with Crippen molar-refractivity contribution >= 4 is 5.91 Å². The van der Waals surface area contributed by atoms with Gasteiger partial charge in [0.1, 0.15) is 5.75 Å². The van der Waals surface area contributed by atoms with Crippen molar-refractivity contribution in [1.29, 1.82) is 0 Å². The third kappa shape index (κ3) is 4.62. The van der Waals surface area contributed by atoms with Crippen molar-refractivity contribution in [3.8, 4) is 5.75 Å². The summed E-state index contributed by atoms with van der Waals surface area (Å²) in [6.45, 7) is 5.71. The maximum atomic E-state index is 12.5. The molecule has 0 unspecified atom stereocenters. The van der Waals surface area contributed by atoms with Crippen LogP contribution in [0, 0.1) is 5.92 Å². The molecule has 3 rings (SSSR count). The Morgan fingerprint density at radius 2 is 1.96 bits per heavy atom. The van der Waals surface area contributed by atoms with Gasteiger partial charge in [-0.2, -0.15) is 4.98 Å². The summed E-state index contributed by atoms with van der Waals surface area (Å²) in [6, 6.07) is 7.69. The van der Waals surface area contributed by atoms with E-state index >= 15 is 0 Å². The molecule has 26 heavy (non-hydrogen) atoms. The Kier molecular flexibility index (Phi) is 5.91. The van der Waals surface area contributed by atoms with Crippen LogP contribution in [0.4, 0.5) is 0 Å². The minimum atomic E-state index is 0.188. The van der Waals surface area contributed by atoms with Gasteiger partial charge in [0.05, 0.1) is 13.5 Å². The lowest BCUT2D eigenvalue weighted by Gasteiger charge is -2.31. The van der Waals surface area contributed by atoms with Crippen LogP contribution >= 0.6 is 0 Å². The van der Waals surface area contributed by atoms with E-state index < -0.39 is 0 Å². The minimum Gasteiger partial charge on any atom is -0.497 e. The lowest BCUT2D eigenvalue weighted by Crippen LogP contribution is -2.39. The van der Waals surface area contributed by atoms with E-state index in [9.17, 15) is 4.79 Å². The maximum Gasteiger partial charge on any atom is 0.226 e. The number of nitrogens with zero attached hydrogens (tertiary/aromatic N) is 3. The van der Waals surface area contributed by atoms with Crippen LogP contribution in [-0.4, -0.2) is 41.1 Å². The maximum absolute atomic E-state index is 12.5. The van der Waals surface area contributed by atoms with Crippen LogP contribution in [0.3, 0.4) is 0 Å². The fraction of sp³-hybridized carbons (Fsp3) is 0.550. The summed E-state index contributed by atoms with van der Waals surface area (Å²) in [5.74, 6) is 3.27. The molecule has 2 heterocycles. The van der Waals surface area contributed by atoms with E-state index in [0.717, 1.165) is 55.4 Å². The van der Waals surface area contributed by atoms with Gasteiger partial charge in [-0.1, -0.05) is 31.1 Å². The normalized spacial score (nSPS) is 15.5. The van der Waals surface area contributed by atoms with E-state index in [1.165, 1.54) is 0 Å². The average molecular weight is 357 g/mol. The van der Waals surface area contributed by atoms with Crippen molar-refractivity contribution in [2.75, 3.05) is 20.2 Å². The van der Waals surface area contributed by atoms with E-state index in [1.807, 2.05) is 29.2 Å². The molecular weight excluding hydrogens is 330 g/mol. The first kappa shape index (κ1) is 18.4.